The van der Waals surface area contributed by atoms with Crippen molar-refractivity contribution in [1.82, 2.24) is 9.97 Å². The van der Waals surface area contributed by atoms with Crippen LogP contribution in [0.25, 0.3) is 17.3 Å². The highest BCUT2D eigenvalue weighted by Crippen LogP contribution is 2.32. The van der Waals surface area contributed by atoms with Gasteiger partial charge in [-0.05, 0) is 49.4 Å². The third kappa shape index (κ3) is 5.38. The van der Waals surface area contributed by atoms with Gasteiger partial charge in [-0.15, -0.1) is 22.7 Å². The Labute approximate surface area is 205 Å². The molecule has 2 aromatic carbocycles. The fourth-order valence-electron chi connectivity index (χ4n) is 3.23. The van der Waals surface area contributed by atoms with Crippen LogP contribution in [0.15, 0.2) is 66.1 Å². The van der Waals surface area contributed by atoms with Gasteiger partial charge in [-0.1, -0.05) is 18.2 Å². The van der Waals surface area contributed by atoms with Crippen LogP contribution >= 0.6 is 22.7 Å². The topological polar surface area (TPSA) is 84.4 Å². The molecule has 0 spiro atoms. The van der Waals surface area contributed by atoms with E-state index in [1.54, 1.807) is 23.5 Å². The molecule has 0 aliphatic carbocycles. The molecule has 2 heterocycles. The maximum Gasteiger partial charge on any atom is 0.250 e. The highest BCUT2D eigenvalue weighted by atomic mass is 32.1. The van der Waals surface area contributed by atoms with Crippen molar-refractivity contribution in [3.8, 4) is 17.0 Å². The Hall–Kier alpha value is -3.82. The zero-order valence-electron chi connectivity index (χ0n) is 18.8. The van der Waals surface area contributed by atoms with Crippen LogP contribution in [0, 0.1) is 6.92 Å². The zero-order chi connectivity index (χ0) is 24.1. The first-order chi connectivity index (χ1) is 16.4. The molecule has 2 amide bonds. The Balaban J connectivity index is 1.44. The molecule has 1 N–H and O–H groups in total. The van der Waals surface area contributed by atoms with Gasteiger partial charge in [-0.3, -0.25) is 19.8 Å². The maximum absolute atomic E-state index is 12.5. The summed E-state index contributed by atoms with van der Waals surface area (Å²) < 4.78 is 5.20. The molecule has 172 valence electrons. The fraction of sp³-hybridized carbons (Fsp3) is 0.120. The number of thiazole rings is 2. The SMILES string of the molecule is COc1ccc(-c2nc(NC(=O)/C=C/c3csc(N(C(C)=O)c4ccccc4)n3)sc2C)cc1. The van der Waals surface area contributed by atoms with Gasteiger partial charge in [0.05, 0.1) is 24.2 Å². The van der Waals surface area contributed by atoms with Gasteiger partial charge >= 0.3 is 0 Å². The number of rotatable bonds is 7. The molecule has 0 fully saturated rings. The van der Waals surface area contributed by atoms with Gasteiger partial charge in [0.1, 0.15) is 5.75 Å². The molecule has 4 aromatic rings. The first-order valence-electron chi connectivity index (χ1n) is 10.4. The lowest BCUT2D eigenvalue weighted by molar-refractivity contribution is -0.116. The van der Waals surface area contributed by atoms with Gasteiger partial charge in [-0.25, -0.2) is 9.97 Å². The summed E-state index contributed by atoms with van der Waals surface area (Å²) in [6, 6.07) is 16.9. The highest BCUT2D eigenvalue weighted by molar-refractivity contribution is 7.16. The average Bonchev–Trinajstić information content (AvgIpc) is 3.44. The van der Waals surface area contributed by atoms with E-state index in [4.69, 9.17) is 4.74 Å². The van der Waals surface area contributed by atoms with Crippen molar-refractivity contribution in [2.45, 2.75) is 13.8 Å². The van der Waals surface area contributed by atoms with Crippen molar-refractivity contribution >= 4 is 56.5 Å². The number of nitrogens with zero attached hydrogens (tertiary/aromatic N) is 3. The lowest BCUT2D eigenvalue weighted by Gasteiger charge is -2.17. The van der Waals surface area contributed by atoms with Crippen LogP contribution < -0.4 is 15.0 Å². The Bertz CT molecular complexity index is 1330. The van der Waals surface area contributed by atoms with Crippen molar-refractivity contribution in [3.63, 3.8) is 0 Å². The number of hydrogen-bond donors (Lipinski definition) is 1. The normalized spacial score (nSPS) is 10.9. The predicted octanol–water partition coefficient (Wildman–Crippen LogP) is 5.92. The largest absolute Gasteiger partial charge is 0.497 e. The van der Waals surface area contributed by atoms with Crippen LogP contribution in [0.2, 0.25) is 0 Å². The predicted molar refractivity (Wildman–Crippen MR) is 138 cm³/mol. The van der Waals surface area contributed by atoms with Crippen molar-refractivity contribution in [2.75, 3.05) is 17.3 Å². The summed E-state index contributed by atoms with van der Waals surface area (Å²) in [5, 5.41) is 5.66. The molecule has 0 saturated heterocycles. The second-order valence-electron chi connectivity index (χ2n) is 7.22. The summed E-state index contributed by atoms with van der Waals surface area (Å²) in [5.41, 5.74) is 3.10. The molecule has 0 bridgehead atoms. The fourth-order valence-corrected chi connectivity index (χ4v) is 4.93. The van der Waals surface area contributed by atoms with Crippen LogP contribution in [-0.4, -0.2) is 28.9 Å². The first kappa shape index (κ1) is 23.3. The molecule has 0 saturated carbocycles. The number of anilines is 3. The maximum atomic E-state index is 12.5. The van der Waals surface area contributed by atoms with Crippen LogP contribution in [0.3, 0.4) is 0 Å². The van der Waals surface area contributed by atoms with Gasteiger partial charge in [0.15, 0.2) is 10.3 Å². The summed E-state index contributed by atoms with van der Waals surface area (Å²) >= 11 is 2.75. The van der Waals surface area contributed by atoms with E-state index in [9.17, 15) is 9.59 Å². The summed E-state index contributed by atoms with van der Waals surface area (Å²) in [7, 11) is 1.62. The minimum atomic E-state index is -0.309. The minimum Gasteiger partial charge on any atom is -0.497 e. The zero-order valence-corrected chi connectivity index (χ0v) is 20.4. The van der Waals surface area contributed by atoms with E-state index in [2.05, 4.69) is 15.3 Å². The van der Waals surface area contributed by atoms with Gasteiger partial charge in [0.2, 0.25) is 11.8 Å². The standard InChI is InChI=1S/C25H22N4O3S2/c1-16-23(18-9-12-21(32-3)13-10-18)28-24(34-16)27-22(31)14-11-19-15-33-25(26-19)29(17(2)30)20-7-5-4-6-8-20/h4-15H,1-3H3,(H,27,28,31)/b14-11+. The van der Waals surface area contributed by atoms with E-state index in [0.717, 1.165) is 27.6 Å². The summed E-state index contributed by atoms with van der Waals surface area (Å²) in [5.74, 6) is 0.326. The molecular weight excluding hydrogens is 468 g/mol. The van der Waals surface area contributed by atoms with Gasteiger partial charge < -0.3 is 4.74 Å². The third-order valence-electron chi connectivity index (χ3n) is 4.83. The number of aromatic nitrogens is 2. The summed E-state index contributed by atoms with van der Waals surface area (Å²) in [4.78, 5) is 36.2. The van der Waals surface area contributed by atoms with E-state index in [0.29, 0.717) is 16.0 Å². The van der Waals surface area contributed by atoms with Crippen LogP contribution in [0.4, 0.5) is 16.0 Å². The van der Waals surface area contributed by atoms with E-state index in [1.165, 1.54) is 35.7 Å². The number of ether oxygens (including phenoxy) is 1. The van der Waals surface area contributed by atoms with E-state index in [1.807, 2.05) is 61.5 Å². The monoisotopic (exact) mass is 490 g/mol. The second-order valence-corrected chi connectivity index (χ2v) is 9.26. The Morgan fingerprint density at radius 3 is 2.47 bits per heavy atom. The molecule has 0 aliphatic rings. The number of hydrogen-bond acceptors (Lipinski definition) is 7. The Morgan fingerprint density at radius 2 is 1.79 bits per heavy atom. The van der Waals surface area contributed by atoms with Gasteiger partial charge in [0, 0.05) is 28.8 Å². The molecule has 4 rings (SSSR count). The number of nitrogens with one attached hydrogen (secondary N) is 1. The highest BCUT2D eigenvalue weighted by Gasteiger charge is 2.17. The second kappa shape index (κ2) is 10.4. The minimum absolute atomic E-state index is 0.138. The molecule has 0 unspecified atom stereocenters. The molecule has 7 nitrogen and oxygen atoms in total. The first-order valence-corrected chi connectivity index (χ1v) is 12.1. The number of carbonyl (C=O) groups excluding carboxylic acids is 2. The van der Waals surface area contributed by atoms with Crippen LogP contribution in [0.5, 0.6) is 5.75 Å². The molecule has 2 aromatic heterocycles. The molecule has 34 heavy (non-hydrogen) atoms. The lowest BCUT2D eigenvalue weighted by Crippen LogP contribution is -2.22. The number of para-hydroxylation sites is 1. The lowest BCUT2D eigenvalue weighted by atomic mass is 10.1. The number of carbonyl (C=O) groups is 2. The van der Waals surface area contributed by atoms with Crippen molar-refractivity contribution < 1.29 is 14.3 Å². The molecule has 0 radical (unpaired) electrons. The van der Waals surface area contributed by atoms with E-state index in [-0.39, 0.29) is 11.8 Å². The van der Waals surface area contributed by atoms with Crippen molar-refractivity contribution in [2.24, 2.45) is 0 Å². The Kier molecular flexibility index (Phi) is 7.15. The molecular formula is C25H22N4O3S2. The number of benzene rings is 2. The third-order valence-corrected chi connectivity index (χ3v) is 6.56. The van der Waals surface area contributed by atoms with E-state index < -0.39 is 0 Å². The van der Waals surface area contributed by atoms with Crippen molar-refractivity contribution in [3.05, 3.63) is 76.6 Å². The quantitative estimate of drug-likeness (QED) is 0.325. The van der Waals surface area contributed by atoms with Crippen molar-refractivity contribution in [1.29, 1.82) is 0 Å². The van der Waals surface area contributed by atoms with Crippen LogP contribution in [0.1, 0.15) is 17.5 Å². The molecule has 9 heteroatoms. The number of aryl methyl sites for hydroxylation is 1. The number of methoxy groups -OCH3 is 1. The van der Waals surface area contributed by atoms with Gasteiger partial charge in [-0.2, -0.15) is 0 Å². The average molecular weight is 491 g/mol. The molecule has 0 aliphatic heterocycles. The summed E-state index contributed by atoms with van der Waals surface area (Å²) in [6.07, 6.45) is 3.02. The number of amides is 2. The van der Waals surface area contributed by atoms with E-state index >= 15 is 0 Å². The molecule has 0 atom stereocenters. The Morgan fingerprint density at radius 1 is 1.06 bits per heavy atom. The smallest absolute Gasteiger partial charge is 0.250 e. The summed E-state index contributed by atoms with van der Waals surface area (Å²) in [6.45, 7) is 3.46. The van der Waals surface area contributed by atoms with Crippen LogP contribution in [-0.2, 0) is 9.59 Å². The van der Waals surface area contributed by atoms with Gasteiger partial charge in [0.25, 0.3) is 0 Å².